The summed E-state index contributed by atoms with van der Waals surface area (Å²) < 4.78 is 0.793. The smallest absolute Gasteiger partial charge is 0.276 e. The highest BCUT2D eigenvalue weighted by molar-refractivity contribution is 9.10. The Balaban J connectivity index is 1.72. The van der Waals surface area contributed by atoms with E-state index in [2.05, 4.69) is 52.6 Å². The summed E-state index contributed by atoms with van der Waals surface area (Å²) in [6.45, 7) is 0. The van der Waals surface area contributed by atoms with Gasteiger partial charge in [-0.15, -0.1) is 0 Å². The van der Waals surface area contributed by atoms with E-state index < -0.39 is 22.4 Å². The van der Waals surface area contributed by atoms with E-state index in [1.807, 2.05) is 0 Å². The zero-order valence-electron chi connectivity index (χ0n) is 15.0. The molecule has 0 unspecified atom stereocenters. The zero-order valence-corrected chi connectivity index (χ0v) is 16.6. The van der Waals surface area contributed by atoms with E-state index in [0.717, 1.165) is 10.8 Å². The molecule has 12 nitrogen and oxygen atoms in total. The number of pyridine rings is 1. The molecule has 0 saturated heterocycles. The van der Waals surface area contributed by atoms with Gasteiger partial charge in [0.25, 0.3) is 11.8 Å². The summed E-state index contributed by atoms with van der Waals surface area (Å²) in [5, 5.41) is 11.5. The van der Waals surface area contributed by atoms with Crippen LogP contribution in [0.25, 0.3) is 0 Å². The first-order valence-corrected chi connectivity index (χ1v) is 9.03. The molecule has 0 saturated carbocycles. The third-order valence-corrected chi connectivity index (χ3v) is 4.13. The first-order chi connectivity index (χ1) is 14.5. The molecule has 13 heteroatoms. The maximum absolute atomic E-state index is 12.2. The van der Waals surface area contributed by atoms with E-state index >= 15 is 0 Å². The van der Waals surface area contributed by atoms with Gasteiger partial charge < -0.3 is 0 Å². The Labute approximate surface area is 177 Å². The van der Waals surface area contributed by atoms with Gasteiger partial charge in [0.05, 0.1) is 4.92 Å². The summed E-state index contributed by atoms with van der Waals surface area (Å²) in [4.78, 5) is 46.4. The van der Waals surface area contributed by atoms with Crippen LogP contribution in [0.3, 0.4) is 0 Å². The molecule has 0 bridgehead atoms. The van der Waals surface area contributed by atoms with Crippen LogP contribution >= 0.6 is 15.9 Å². The molecule has 0 spiro atoms. The molecule has 0 radical (unpaired) electrons. The fourth-order valence-electron chi connectivity index (χ4n) is 2.20. The molecule has 0 aliphatic rings. The Morgan fingerprint density at radius 2 is 1.53 bits per heavy atom. The average molecular weight is 473 g/mol. The lowest BCUT2D eigenvalue weighted by molar-refractivity contribution is -0.383. The maximum atomic E-state index is 12.2. The number of carbonyl (C=O) groups excluding carboxylic acids is 2. The van der Waals surface area contributed by atoms with Gasteiger partial charge in [-0.1, -0.05) is 22.0 Å². The molecular weight excluding hydrogens is 460 g/mol. The second kappa shape index (κ2) is 9.38. The Morgan fingerprint density at radius 3 is 2.10 bits per heavy atom. The third kappa shape index (κ3) is 5.02. The first-order valence-electron chi connectivity index (χ1n) is 8.24. The number of nitro groups is 1. The van der Waals surface area contributed by atoms with Crippen molar-refractivity contribution in [1.29, 1.82) is 0 Å². The summed E-state index contributed by atoms with van der Waals surface area (Å²) in [5.74, 6) is -1.73. The minimum absolute atomic E-state index is 0.0989. The van der Waals surface area contributed by atoms with Crippen molar-refractivity contribution in [3.05, 3.63) is 80.8 Å². The molecule has 2 aromatic heterocycles. The molecule has 30 heavy (non-hydrogen) atoms. The van der Waals surface area contributed by atoms with Crippen LogP contribution < -0.4 is 21.7 Å². The van der Waals surface area contributed by atoms with Crippen molar-refractivity contribution in [3.8, 4) is 0 Å². The number of amides is 2. The van der Waals surface area contributed by atoms with E-state index in [1.165, 1.54) is 12.3 Å². The predicted octanol–water partition coefficient (Wildman–Crippen LogP) is 2.06. The lowest BCUT2D eigenvalue weighted by Gasteiger charge is -2.11. The highest BCUT2D eigenvalue weighted by Crippen LogP contribution is 2.27. The molecule has 0 aliphatic carbocycles. The fraction of sp³-hybridized carbons (Fsp3) is 0. The van der Waals surface area contributed by atoms with Crippen molar-refractivity contribution >= 4 is 45.1 Å². The zero-order chi connectivity index (χ0) is 21.5. The molecule has 152 valence electrons. The molecule has 1 aromatic carbocycles. The lowest BCUT2D eigenvalue weighted by atomic mass is 10.2. The highest BCUT2D eigenvalue weighted by atomic mass is 79.9. The van der Waals surface area contributed by atoms with Gasteiger partial charge in [0.1, 0.15) is 12.0 Å². The first kappa shape index (κ1) is 20.6. The number of hydrazine groups is 2. The van der Waals surface area contributed by atoms with Gasteiger partial charge >= 0.3 is 5.69 Å². The molecule has 0 aliphatic heterocycles. The topological polar surface area (TPSA) is 164 Å². The molecule has 0 fully saturated rings. The van der Waals surface area contributed by atoms with Crippen LogP contribution in [0.1, 0.15) is 20.8 Å². The SMILES string of the molecule is O=C(NNc1ncnc(NNC(=O)c2ccccn2)c1[N+](=O)[O-])c1ccc(Br)cc1. The van der Waals surface area contributed by atoms with Crippen LogP contribution in [0.2, 0.25) is 0 Å². The predicted molar refractivity (Wildman–Crippen MR) is 109 cm³/mol. The number of halogens is 1. The van der Waals surface area contributed by atoms with Crippen LogP contribution in [-0.4, -0.2) is 31.7 Å². The number of hydrogen-bond acceptors (Lipinski definition) is 9. The lowest BCUT2D eigenvalue weighted by Crippen LogP contribution is -2.32. The van der Waals surface area contributed by atoms with E-state index in [1.54, 1.807) is 36.4 Å². The maximum Gasteiger partial charge on any atom is 0.356 e. The minimum atomic E-state index is -0.761. The summed E-state index contributed by atoms with van der Waals surface area (Å²) in [7, 11) is 0. The van der Waals surface area contributed by atoms with Crippen molar-refractivity contribution in [1.82, 2.24) is 25.8 Å². The minimum Gasteiger partial charge on any atom is -0.276 e. The Hall–Kier alpha value is -4.13. The Bertz CT molecular complexity index is 1080. The van der Waals surface area contributed by atoms with Gasteiger partial charge in [-0.3, -0.25) is 46.4 Å². The fourth-order valence-corrected chi connectivity index (χ4v) is 2.47. The molecule has 0 atom stereocenters. The number of rotatable bonds is 7. The van der Waals surface area contributed by atoms with Crippen LogP contribution in [0.15, 0.2) is 59.5 Å². The van der Waals surface area contributed by atoms with Crippen molar-refractivity contribution < 1.29 is 14.5 Å². The summed E-state index contributed by atoms with van der Waals surface area (Å²) in [5.41, 5.74) is 9.19. The van der Waals surface area contributed by atoms with Gasteiger partial charge in [0, 0.05) is 16.2 Å². The van der Waals surface area contributed by atoms with Crippen LogP contribution in [0.5, 0.6) is 0 Å². The number of carbonyl (C=O) groups is 2. The summed E-state index contributed by atoms with van der Waals surface area (Å²) in [6.07, 6.45) is 2.45. The molecule has 4 N–H and O–H groups in total. The third-order valence-electron chi connectivity index (χ3n) is 3.60. The average Bonchev–Trinajstić information content (AvgIpc) is 2.76. The van der Waals surface area contributed by atoms with E-state index in [9.17, 15) is 19.7 Å². The van der Waals surface area contributed by atoms with Gasteiger partial charge in [0.2, 0.25) is 11.6 Å². The summed E-state index contributed by atoms with van der Waals surface area (Å²) in [6, 6.07) is 11.2. The molecule has 2 heterocycles. The van der Waals surface area contributed by atoms with Crippen molar-refractivity contribution in [2.24, 2.45) is 0 Å². The number of aromatic nitrogens is 3. The van der Waals surface area contributed by atoms with Crippen LogP contribution in [0, 0.1) is 10.1 Å². The van der Waals surface area contributed by atoms with E-state index in [0.29, 0.717) is 5.56 Å². The normalized spacial score (nSPS) is 10.0. The number of hydrogen-bond donors (Lipinski definition) is 4. The van der Waals surface area contributed by atoms with Gasteiger partial charge in [0.15, 0.2) is 0 Å². The highest BCUT2D eigenvalue weighted by Gasteiger charge is 2.24. The van der Waals surface area contributed by atoms with Crippen molar-refractivity contribution in [2.45, 2.75) is 0 Å². The molecule has 2 amide bonds. The van der Waals surface area contributed by atoms with Gasteiger partial charge in [-0.25, -0.2) is 9.97 Å². The number of nitrogens with one attached hydrogen (secondary N) is 4. The van der Waals surface area contributed by atoms with Crippen LogP contribution in [-0.2, 0) is 0 Å². The number of anilines is 2. The monoisotopic (exact) mass is 472 g/mol. The van der Waals surface area contributed by atoms with E-state index in [-0.39, 0.29) is 17.3 Å². The van der Waals surface area contributed by atoms with Gasteiger partial charge in [-0.2, -0.15) is 0 Å². The Morgan fingerprint density at radius 1 is 0.900 bits per heavy atom. The standard InChI is InChI=1S/C17H13BrN8O4/c18-11-6-4-10(5-7-11)16(27)24-22-14-13(26(29)30)15(21-9-20-14)23-25-17(28)12-3-1-2-8-19-12/h1-9H,(H,24,27)(H,25,28)(H2,20,21,22,23). The van der Waals surface area contributed by atoms with Crippen LogP contribution in [0.4, 0.5) is 17.3 Å². The summed E-state index contributed by atoms with van der Waals surface area (Å²) >= 11 is 3.26. The molecular formula is C17H13BrN8O4. The number of nitrogens with zero attached hydrogens (tertiary/aromatic N) is 4. The second-order valence-electron chi connectivity index (χ2n) is 5.56. The largest absolute Gasteiger partial charge is 0.356 e. The van der Waals surface area contributed by atoms with E-state index in [4.69, 9.17) is 0 Å². The van der Waals surface area contributed by atoms with Gasteiger partial charge in [-0.05, 0) is 36.4 Å². The Kier molecular flexibility index (Phi) is 6.44. The van der Waals surface area contributed by atoms with Crippen molar-refractivity contribution in [3.63, 3.8) is 0 Å². The number of benzene rings is 1. The molecule has 3 aromatic rings. The molecule has 3 rings (SSSR count). The quantitative estimate of drug-likeness (QED) is 0.297. The van der Waals surface area contributed by atoms with Crippen molar-refractivity contribution in [2.75, 3.05) is 10.9 Å². The second-order valence-corrected chi connectivity index (χ2v) is 6.47.